The van der Waals surface area contributed by atoms with Crippen LogP contribution in [0.4, 0.5) is 5.69 Å². The summed E-state index contributed by atoms with van der Waals surface area (Å²) in [4.78, 5) is 26.4. The molecule has 5 heteroatoms. The number of hydrogen-bond acceptors (Lipinski definition) is 3. The van der Waals surface area contributed by atoms with Gasteiger partial charge in [-0.05, 0) is 61.9 Å². The molecule has 1 aromatic heterocycles. The molecule has 0 bridgehead atoms. The zero-order valence-electron chi connectivity index (χ0n) is 13.4. The Bertz CT molecular complexity index is 741. The van der Waals surface area contributed by atoms with Gasteiger partial charge in [-0.1, -0.05) is 6.07 Å². The van der Waals surface area contributed by atoms with Crippen molar-refractivity contribution in [1.82, 2.24) is 5.32 Å². The standard InChI is InChI=1S/C18H20N2O2S/c1-11-7-8-13(17(21)19-2)9-14(11)20-18(22)16-10-12-5-3-4-6-15(12)23-16/h7-10H,3-6H2,1-2H3,(H,19,21)(H,20,22). The smallest absolute Gasteiger partial charge is 0.265 e. The SMILES string of the molecule is CNC(=O)c1ccc(C)c(NC(=O)c2cc3c(s2)CCCC3)c1. The molecule has 0 unspecified atom stereocenters. The van der Waals surface area contributed by atoms with E-state index < -0.39 is 0 Å². The Morgan fingerprint density at radius 2 is 1.87 bits per heavy atom. The normalized spacial score (nSPS) is 13.3. The minimum Gasteiger partial charge on any atom is -0.355 e. The molecule has 1 aliphatic rings. The lowest BCUT2D eigenvalue weighted by atomic mass is 9.99. The van der Waals surface area contributed by atoms with Crippen molar-refractivity contribution in [3.8, 4) is 0 Å². The van der Waals surface area contributed by atoms with Gasteiger partial charge in [0.1, 0.15) is 0 Å². The molecule has 1 aliphatic carbocycles. The summed E-state index contributed by atoms with van der Waals surface area (Å²) in [5.41, 5.74) is 3.48. The Labute approximate surface area is 139 Å². The molecule has 1 aromatic carbocycles. The third-order valence-corrected chi connectivity index (χ3v) is 5.43. The minimum absolute atomic E-state index is 0.0958. The average Bonchev–Trinajstić information content (AvgIpc) is 3.00. The van der Waals surface area contributed by atoms with Crippen LogP contribution in [0, 0.1) is 6.92 Å². The summed E-state index contributed by atoms with van der Waals surface area (Å²) in [5, 5.41) is 5.54. The molecule has 2 aromatic rings. The fourth-order valence-corrected chi connectivity index (χ4v) is 3.98. The van der Waals surface area contributed by atoms with Crippen LogP contribution in [0.25, 0.3) is 0 Å². The number of carbonyl (C=O) groups is 2. The summed E-state index contributed by atoms with van der Waals surface area (Å²) in [5.74, 6) is -0.256. The largest absolute Gasteiger partial charge is 0.355 e. The number of fused-ring (bicyclic) bond motifs is 1. The summed E-state index contributed by atoms with van der Waals surface area (Å²) in [6.07, 6.45) is 4.57. The van der Waals surface area contributed by atoms with Crippen LogP contribution in [0.5, 0.6) is 0 Å². The number of nitrogens with one attached hydrogen (secondary N) is 2. The van der Waals surface area contributed by atoms with Gasteiger partial charge in [-0.3, -0.25) is 9.59 Å². The van der Waals surface area contributed by atoms with E-state index in [0.717, 1.165) is 23.3 Å². The highest BCUT2D eigenvalue weighted by molar-refractivity contribution is 7.14. The number of aryl methyl sites for hydroxylation is 3. The zero-order chi connectivity index (χ0) is 16.4. The van der Waals surface area contributed by atoms with E-state index in [1.165, 1.54) is 23.3 Å². The highest BCUT2D eigenvalue weighted by Crippen LogP contribution is 2.30. The fraction of sp³-hybridized carbons (Fsp3) is 0.333. The molecule has 0 radical (unpaired) electrons. The second kappa shape index (κ2) is 6.54. The Hall–Kier alpha value is -2.14. The number of thiophene rings is 1. The quantitative estimate of drug-likeness (QED) is 0.905. The van der Waals surface area contributed by atoms with Crippen LogP contribution < -0.4 is 10.6 Å². The zero-order valence-corrected chi connectivity index (χ0v) is 14.2. The molecule has 2 amide bonds. The van der Waals surface area contributed by atoms with Crippen LogP contribution in [0.2, 0.25) is 0 Å². The van der Waals surface area contributed by atoms with Crippen molar-refractivity contribution in [1.29, 1.82) is 0 Å². The number of hydrogen-bond donors (Lipinski definition) is 2. The summed E-state index contributed by atoms with van der Waals surface area (Å²) < 4.78 is 0. The molecular formula is C18H20N2O2S. The van der Waals surface area contributed by atoms with Crippen molar-refractivity contribution in [2.24, 2.45) is 0 Å². The van der Waals surface area contributed by atoms with E-state index in [1.807, 2.05) is 19.1 Å². The van der Waals surface area contributed by atoms with E-state index in [4.69, 9.17) is 0 Å². The molecule has 3 rings (SSSR count). The Balaban J connectivity index is 1.82. The number of rotatable bonds is 3. The molecule has 0 atom stereocenters. The third-order valence-electron chi connectivity index (χ3n) is 4.20. The van der Waals surface area contributed by atoms with Crippen LogP contribution in [-0.4, -0.2) is 18.9 Å². The van der Waals surface area contributed by atoms with Gasteiger partial charge in [-0.15, -0.1) is 11.3 Å². The summed E-state index contributed by atoms with van der Waals surface area (Å²) in [7, 11) is 1.59. The molecule has 0 aliphatic heterocycles. The first-order valence-corrected chi connectivity index (χ1v) is 8.66. The maximum atomic E-state index is 12.5. The first kappa shape index (κ1) is 15.7. The van der Waals surface area contributed by atoms with Gasteiger partial charge in [0.25, 0.3) is 11.8 Å². The second-order valence-corrected chi connectivity index (χ2v) is 6.97. The lowest BCUT2D eigenvalue weighted by molar-refractivity contribution is 0.0961. The molecule has 2 N–H and O–H groups in total. The van der Waals surface area contributed by atoms with E-state index in [-0.39, 0.29) is 11.8 Å². The van der Waals surface area contributed by atoms with Gasteiger partial charge in [0.05, 0.1) is 4.88 Å². The van der Waals surface area contributed by atoms with Gasteiger partial charge in [0, 0.05) is 23.2 Å². The van der Waals surface area contributed by atoms with Crippen molar-refractivity contribution < 1.29 is 9.59 Å². The van der Waals surface area contributed by atoms with Crippen molar-refractivity contribution in [2.75, 3.05) is 12.4 Å². The highest BCUT2D eigenvalue weighted by atomic mass is 32.1. The maximum absolute atomic E-state index is 12.5. The molecule has 120 valence electrons. The first-order valence-electron chi connectivity index (χ1n) is 7.84. The monoisotopic (exact) mass is 328 g/mol. The maximum Gasteiger partial charge on any atom is 0.265 e. The molecule has 1 heterocycles. The molecular weight excluding hydrogens is 308 g/mol. The van der Waals surface area contributed by atoms with Crippen molar-refractivity contribution in [2.45, 2.75) is 32.6 Å². The van der Waals surface area contributed by atoms with Crippen LogP contribution in [0.1, 0.15) is 48.9 Å². The van der Waals surface area contributed by atoms with Gasteiger partial charge < -0.3 is 10.6 Å². The van der Waals surface area contributed by atoms with Gasteiger partial charge in [-0.25, -0.2) is 0 Å². The van der Waals surface area contributed by atoms with Gasteiger partial charge in [0.2, 0.25) is 0 Å². The lowest BCUT2D eigenvalue weighted by Gasteiger charge is -2.09. The minimum atomic E-state index is -0.160. The van der Waals surface area contributed by atoms with Gasteiger partial charge in [-0.2, -0.15) is 0 Å². The molecule has 0 saturated carbocycles. The van der Waals surface area contributed by atoms with Crippen LogP contribution in [0.15, 0.2) is 24.3 Å². The van der Waals surface area contributed by atoms with E-state index in [0.29, 0.717) is 11.3 Å². The number of anilines is 1. The molecule has 0 fully saturated rings. The van der Waals surface area contributed by atoms with Crippen LogP contribution in [-0.2, 0) is 12.8 Å². The fourth-order valence-electron chi connectivity index (χ4n) is 2.83. The van der Waals surface area contributed by atoms with Crippen molar-refractivity contribution >= 4 is 28.8 Å². The summed E-state index contributed by atoms with van der Waals surface area (Å²) in [6.45, 7) is 1.92. The van der Waals surface area contributed by atoms with Crippen LogP contribution >= 0.6 is 11.3 Å². The van der Waals surface area contributed by atoms with Crippen molar-refractivity contribution in [3.63, 3.8) is 0 Å². The van der Waals surface area contributed by atoms with Gasteiger partial charge in [0.15, 0.2) is 0 Å². The van der Waals surface area contributed by atoms with Gasteiger partial charge >= 0.3 is 0 Å². The molecule has 4 nitrogen and oxygen atoms in total. The second-order valence-electron chi connectivity index (χ2n) is 5.83. The molecule has 0 saturated heterocycles. The predicted octanol–water partition coefficient (Wildman–Crippen LogP) is 3.55. The Morgan fingerprint density at radius 3 is 2.61 bits per heavy atom. The lowest BCUT2D eigenvalue weighted by Crippen LogP contribution is -2.18. The van der Waals surface area contributed by atoms with E-state index >= 15 is 0 Å². The summed E-state index contributed by atoms with van der Waals surface area (Å²) in [6, 6.07) is 7.35. The van der Waals surface area contributed by atoms with Crippen molar-refractivity contribution in [3.05, 3.63) is 50.7 Å². The van der Waals surface area contributed by atoms with Crippen LogP contribution in [0.3, 0.4) is 0 Å². The number of carbonyl (C=O) groups excluding carboxylic acids is 2. The topological polar surface area (TPSA) is 58.2 Å². The number of benzene rings is 1. The predicted molar refractivity (Wildman–Crippen MR) is 93.5 cm³/mol. The van der Waals surface area contributed by atoms with E-state index in [9.17, 15) is 9.59 Å². The van der Waals surface area contributed by atoms with E-state index in [1.54, 1.807) is 30.5 Å². The summed E-state index contributed by atoms with van der Waals surface area (Å²) >= 11 is 1.59. The molecule has 0 spiro atoms. The Kier molecular flexibility index (Phi) is 4.48. The average molecular weight is 328 g/mol. The Morgan fingerprint density at radius 1 is 1.09 bits per heavy atom. The van der Waals surface area contributed by atoms with E-state index in [2.05, 4.69) is 10.6 Å². The third kappa shape index (κ3) is 3.29. The first-order chi connectivity index (χ1) is 11.1. The number of amides is 2. The highest BCUT2D eigenvalue weighted by Gasteiger charge is 2.18. The molecule has 23 heavy (non-hydrogen) atoms.